The minimum atomic E-state index is -3.55. The first-order chi connectivity index (χ1) is 12.4. The van der Waals surface area contributed by atoms with Gasteiger partial charge in [0.25, 0.3) is 0 Å². The highest BCUT2D eigenvalue weighted by Crippen LogP contribution is 2.22. The van der Waals surface area contributed by atoms with Crippen LogP contribution in [0.25, 0.3) is 0 Å². The molecular weight excluding hydrogens is 362 g/mol. The third-order valence-electron chi connectivity index (χ3n) is 4.24. The molecule has 26 heavy (non-hydrogen) atoms. The second kappa shape index (κ2) is 7.44. The molecule has 2 heterocycles. The Kier molecular flexibility index (Phi) is 5.25. The average molecular weight is 381 g/mol. The van der Waals surface area contributed by atoms with Crippen molar-refractivity contribution in [2.75, 3.05) is 33.3 Å². The number of furan rings is 1. The van der Waals surface area contributed by atoms with Gasteiger partial charge in [0.1, 0.15) is 16.4 Å². The maximum atomic E-state index is 12.7. The van der Waals surface area contributed by atoms with E-state index in [1.54, 1.807) is 18.2 Å². The lowest BCUT2D eigenvalue weighted by Gasteiger charge is -2.33. The number of hydrogen-bond donors (Lipinski definition) is 0. The number of rotatable bonds is 6. The highest BCUT2D eigenvalue weighted by Gasteiger charge is 2.29. The van der Waals surface area contributed by atoms with Crippen LogP contribution >= 0.6 is 0 Å². The van der Waals surface area contributed by atoms with Crippen LogP contribution in [0.4, 0.5) is 5.88 Å². The molecule has 0 atom stereocenters. The zero-order valence-corrected chi connectivity index (χ0v) is 15.0. The second-order valence-electron chi connectivity index (χ2n) is 5.85. The summed E-state index contributed by atoms with van der Waals surface area (Å²) >= 11 is 0. The molecule has 2 aromatic rings. The van der Waals surface area contributed by atoms with Gasteiger partial charge in [0.2, 0.25) is 10.0 Å². The van der Waals surface area contributed by atoms with Gasteiger partial charge in [0.05, 0.1) is 24.6 Å². The SMILES string of the molecule is COc1ccc(S(=O)(=O)N2CCN(Cc3ccc([N+](=O)[O-])o3)CC2)cc1. The number of nitrogens with zero attached hydrogens (tertiary/aromatic N) is 3. The lowest BCUT2D eigenvalue weighted by atomic mass is 10.3. The van der Waals surface area contributed by atoms with Gasteiger partial charge in [-0.05, 0) is 30.3 Å². The molecule has 0 radical (unpaired) electrons. The largest absolute Gasteiger partial charge is 0.497 e. The first kappa shape index (κ1) is 18.4. The minimum absolute atomic E-state index is 0.230. The molecule has 1 aliphatic heterocycles. The maximum Gasteiger partial charge on any atom is 0.433 e. The van der Waals surface area contributed by atoms with E-state index < -0.39 is 14.9 Å². The van der Waals surface area contributed by atoms with Crippen molar-refractivity contribution in [1.82, 2.24) is 9.21 Å². The fourth-order valence-electron chi connectivity index (χ4n) is 2.79. The van der Waals surface area contributed by atoms with E-state index in [2.05, 4.69) is 0 Å². The Labute approximate surface area is 151 Å². The summed E-state index contributed by atoms with van der Waals surface area (Å²) < 4.78 is 37.0. The van der Waals surface area contributed by atoms with Crippen LogP contribution in [0.3, 0.4) is 0 Å². The van der Waals surface area contributed by atoms with E-state index in [0.717, 1.165) is 0 Å². The van der Waals surface area contributed by atoms with E-state index in [4.69, 9.17) is 9.15 Å². The molecule has 10 heteroatoms. The highest BCUT2D eigenvalue weighted by atomic mass is 32.2. The summed E-state index contributed by atoms with van der Waals surface area (Å²) in [6.45, 7) is 2.13. The van der Waals surface area contributed by atoms with E-state index in [-0.39, 0.29) is 10.8 Å². The molecule has 0 amide bonds. The highest BCUT2D eigenvalue weighted by molar-refractivity contribution is 7.89. The summed E-state index contributed by atoms with van der Waals surface area (Å²) in [5.74, 6) is 0.796. The van der Waals surface area contributed by atoms with E-state index in [1.165, 1.54) is 29.6 Å². The number of methoxy groups -OCH3 is 1. The van der Waals surface area contributed by atoms with Crippen molar-refractivity contribution in [3.8, 4) is 5.75 Å². The summed E-state index contributed by atoms with van der Waals surface area (Å²) in [4.78, 5) is 12.3. The minimum Gasteiger partial charge on any atom is -0.497 e. The van der Waals surface area contributed by atoms with Gasteiger partial charge >= 0.3 is 5.88 Å². The standard InChI is InChI=1S/C16H19N3O6S/c1-24-13-2-5-15(6-3-13)26(22,23)18-10-8-17(9-11-18)12-14-4-7-16(25-14)19(20)21/h2-7H,8-12H2,1H3. The Balaban J connectivity index is 1.60. The molecular formula is C16H19N3O6S. The van der Waals surface area contributed by atoms with Gasteiger partial charge in [0.15, 0.2) is 0 Å². The Bertz CT molecular complexity index is 870. The van der Waals surface area contributed by atoms with Crippen molar-refractivity contribution in [3.05, 3.63) is 52.3 Å². The van der Waals surface area contributed by atoms with Crippen molar-refractivity contribution < 1.29 is 22.5 Å². The smallest absolute Gasteiger partial charge is 0.433 e. The number of piperazine rings is 1. The second-order valence-corrected chi connectivity index (χ2v) is 7.79. The van der Waals surface area contributed by atoms with Crippen LogP contribution in [-0.2, 0) is 16.6 Å². The average Bonchev–Trinajstić information content (AvgIpc) is 3.11. The van der Waals surface area contributed by atoms with Gasteiger partial charge in [-0.3, -0.25) is 15.0 Å². The molecule has 3 rings (SSSR count). The van der Waals surface area contributed by atoms with Gasteiger partial charge in [-0.15, -0.1) is 0 Å². The Morgan fingerprint density at radius 1 is 1.12 bits per heavy atom. The lowest BCUT2D eigenvalue weighted by Crippen LogP contribution is -2.48. The quantitative estimate of drug-likeness (QED) is 0.554. The van der Waals surface area contributed by atoms with Crippen LogP contribution in [0.2, 0.25) is 0 Å². The van der Waals surface area contributed by atoms with E-state index in [0.29, 0.717) is 44.2 Å². The van der Waals surface area contributed by atoms with Gasteiger partial charge in [-0.2, -0.15) is 4.31 Å². The summed E-state index contributed by atoms with van der Waals surface area (Å²) in [6.07, 6.45) is 0. The van der Waals surface area contributed by atoms with Crippen LogP contribution in [0.15, 0.2) is 45.7 Å². The zero-order chi connectivity index (χ0) is 18.7. The van der Waals surface area contributed by atoms with Crippen LogP contribution in [0.1, 0.15) is 5.76 Å². The Morgan fingerprint density at radius 2 is 1.77 bits per heavy atom. The molecule has 0 spiro atoms. The number of benzene rings is 1. The predicted octanol–water partition coefficient (Wildman–Crippen LogP) is 1.70. The number of sulfonamides is 1. The number of hydrogen-bond acceptors (Lipinski definition) is 7. The van der Waals surface area contributed by atoms with Crippen molar-refractivity contribution in [1.29, 1.82) is 0 Å². The third kappa shape index (κ3) is 3.87. The van der Waals surface area contributed by atoms with E-state index in [1.807, 2.05) is 4.90 Å². The summed E-state index contributed by atoms with van der Waals surface area (Å²) in [6, 6.07) is 9.18. The van der Waals surface area contributed by atoms with Crippen LogP contribution in [0, 0.1) is 10.1 Å². The topological polar surface area (TPSA) is 106 Å². The number of ether oxygens (including phenoxy) is 1. The first-order valence-corrected chi connectivity index (χ1v) is 9.44. The first-order valence-electron chi connectivity index (χ1n) is 8.00. The molecule has 1 fully saturated rings. The predicted molar refractivity (Wildman–Crippen MR) is 92.4 cm³/mol. The Hall–Kier alpha value is -2.43. The fourth-order valence-corrected chi connectivity index (χ4v) is 4.22. The molecule has 0 aliphatic carbocycles. The van der Waals surface area contributed by atoms with Gasteiger partial charge < -0.3 is 9.15 Å². The summed E-state index contributed by atoms with van der Waals surface area (Å²) in [5.41, 5.74) is 0. The van der Waals surface area contributed by atoms with Crippen LogP contribution in [-0.4, -0.2) is 55.8 Å². The van der Waals surface area contributed by atoms with Crippen molar-refractivity contribution in [3.63, 3.8) is 0 Å². The fraction of sp³-hybridized carbons (Fsp3) is 0.375. The molecule has 0 saturated carbocycles. The van der Waals surface area contributed by atoms with Crippen molar-refractivity contribution in [2.24, 2.45) is 0 Å². The molecule has 1 aromatic heterocycles. The van der Waals surface area contributed by atoms with Gasteiger partial charge in [-0.25, -0.2) is 8.42 Å². The maximum absolute atomic E-state index is 12.7. The van der Waals surface area contributed by atoms with E-state index >= 15 is 0 Å². The molecule has 9 nitrogen and oxygen atoms in total. The zero-order valence-electron chi connectivity index (χ0n) is 14.2. The molecule has 1 aliphatic rings. The molecule has 0 bridgehead atoms. The van der Waals surface area contributed by atoms with E-state index in [9.17, 15) is 18.5 Å². The molecule has 140 valence electrons. The molecule has 1 saturated heterocycles. The monoisotopic (exact) mass is 381 g/mol. The van der Waals surface area contributed by atoms with Crippen molar-refractivity contribution >= 4 is 15.9 Å². The summed E-state index contributed by atoms with van der Waals surface area (Å²) in [7, 11) is -2.03. The van der Waals surface area contributed by atoms with Crippen LogP contribution in [0.5, 0.6) is 5.75 Å². The van der Waals surface area contributed by atoms with Gasteiger partial charge in [-0.1, -0.05) is 0 Å². The molecule has 0 unspecified atom stereocenters. The normalized spacial score (nSPS) is 16.5. The lowest BCUT2D eigenvalue weighted by molar-refractivity contribution is -0.402. The van der Waals surface area contributed by atoms with Crippen LogP contribution < -0.4 is 4.74 Å². The molecule has 0 N–H and O–H groups in total. The third-order valence-corrected chi connectivity index (χ3v) is 6.15. The molecule has 1 aromatic carbocycles. The van der Waals surface area contributed by atoms with Gasteiger partial charge in [0, 0.05) is 26.2 Å². The summed E-state index contributed by atoms with van der Waals surface area (Å²) in [5, 5.41) is 10.7. The Morgan fingerprint density at radius 3 is 2.31 bits per heavy atom. The van der Waals surface area contributed by atoms with Crippen molar-refractivity contribution in [2.45, 2.75) is 11.4 Å². The number of nitro groups is 1.